The minimum atomic E-state index is -0.396. The summed E-state index contributed by atoms with van der Waals surface area (Å²) in [5, 5.41) is 4.33. The highest BCUT2D eigenvalue weighted by atomic mass is 16.5. The molecule has 1 saturated carbocycles. The fourth-order valence-electron chi connectivity index (χ4n) is 2.62. The summed E-state index contributed by atoms with van der Waals surface area (Å²) in [5.74, 6) is -0.0415. The largest absolute Gasteiger partial charge is 0.469 e. The number of nitrogens with zero attached hydrogens (tertiary/aromatic N) is 2. The molecule has 2 aliphatic carbocycles. The van der Waals surface area contributed by atoms with Crippen molar-refractivity contribution in [2.24, 2.45) is 5.41 Å². The predicted octanol–water partition coefficient (Wildman–Crippen LogP) is 1.36. The number of methoxy groups -OCH3 is 1. The van der Waals surface area contributed by atoms with Gasteiger partial charge in [-0.2, -0.15) is 5.10 Å². The summed E-state index contributed by atoms with van der Waals surface area (Å²) < 4.78 is 6.57. The van der Waals surface area contributed by atoms with Gasteiger partial charge in [0.25, 0.3) is 0 Å². The van der Waals surface area contributed by atoms with E-state index in [9.17, 15) is 9.59 Å². The molecular weight excluding hydrogens is 232 g/mol. The maximum atomic E-state index is 11.7. The van der Waals surface area contributed by atoms with Crippen molar-refractivity contribution in [1.82, 2.24) is 9.78 Å². The molecule has 0 radical (unpaired) electrons. The number of hydrogen-bond donors (Lipinski definition) is 0. The maximum absolute atomic E-state index is 11.7. The van der Waals surface area contributed by atoms with Gasteiger partial charge in [-0.1, -0.05) is 0 Å². The smallest absolute Gasteiger partial charge is 0.313 e. The van der Waals surface area contributed by atoms with E-state index in [0.29, 0.717) is 18.7 Å². The van der Waals surface area contributed by atoms with Gasteiger partial charge in [0.05, 0.1) is 19.1 Å². The van der Waals surface area contributed by atoms with E-state index in [0.717, 1.165) is 31.2 Å². The van der Waals surface area contributed by atoms with Gasteiger partial charge in [0, 0.05) is 18.2 Å². The molecule has 2 aliphatic rings. The van der Waals surface area contributed by atoms with Crippen molar-refractivity contribution in [3.8, 4) is 0 Å². The molecule has 1 aromatic rings. The Kier molecular flexibility index (Phi) is 2.50. The van der Waals surface area contributed by atoms with E-state index in [4.69, 9.17) is 4.74 Å². The Bertz CT molecular complexity index is 514. The number of ketones is 1. The molecule has 0 bridgehead atoms. The molecule has 3 rings (SSSR count). The number of hydrogen-bond acceptors (Lipinski definition) is 4. The van der Waals surface area contributed by atoms with Crippen molar-refractivity contribution < 1.29 is 14.3 Å². The lowest BCUT2D eigenvalue weighted by Gasteiger charge is -2.11. The van der Waals surface area contributed by atoms with Crippen LogP contribution in [0.4, 0.5) is 0 Å². The maximum Gasteiger partial charge on any atom is 0.313 e. The summed E-state index contributed by atoms with van der Waals surface area (Å²) >= 11 is 0. The summed E-state index contributed by atoms with van der Waals surface area (Å²) in [6.07, 6.45) is 6.00. The summed E-state index contributed by atoms with van der Waals surface area (Å²) in [4.78, 5) is 23.4. The molecule has 5 heteroatoms. The Morgan fingerprint density at radius 1 is 1.50 bits per heavy atom. The summed E-state index contributed by atoms with van der Waals surface area (Å²) in [5.41, 5.74) is 1.22. The zero-order valence-electron chi connectivity index (χ0n) is 10.4. The lowest BCUT2D eigenvalue weighted by molar-refractivity contribution is -0.147. The molecule has 1 heterocycles. The van der Waals surface area contributed by atoms with Crippen molar-refractivity contribution in [2.45, 2.75) is 38.6 Å². The third kappa shape index (κ3) is 1.74. The van der Waals surface area contributed by atoms with E-state index in [1.807, 2.05) is 6.20 Å². The van der Waals surface area contributed by atoms with Gasteiger partial charge in [-0.3, -0.25) is 14.3 Å². The molecule has 0 aromatic carbocycles. The molecular formula is C13H16N2O3. The minimum Gasteiger partial charge on any atom is -0.469 e. The lowest BCUT2D eigenvalue weighted by atomic mass is 9.97. The standard InChI is InChI=1S/C13H16N2O3/c1-18-12(17)13(5-6-13)8-15-7-9-3-2-4-10(16)11(9)14-15/h7H,2-6,8H2,1H3. The van der Waals surface area contributed by atoms with E-state index in [2.05, 4.69) is 5.10 Å². The topological polar surface area (TPSA) is 61.2 Å². The SMILES string of the molecule is COC(=O)C1(Cn2cc3c(n2)C(=O)CCC3)CC1. The van der Waals surface area contributed by atoms with Crippen LogP contribution in [0.3, 0.4) is 0 Å². The van der Waals surface area contributed by atoms with Gasteiger partial charge in [-0.25, -0.2) is 0 Å². The first-order valence-corrected chi connectivity index (χ1v) is 6.33. The molecule has 0 aliphatic heterocycles. The van der Waals surface area contributed by atoms with Crippen LogP contribution in [0.15, 0.2) is 6.20 Å². The number of esters is 1. The van der Waals surface area contributed by atoms with Crippen LogP contribution in [0, 0.1) is 5.41 Å². The van der Waals surface area contributed by atoms with Gasteiger partial charge >= 0.3 is 5.97 Å². The second-order valence-corrected chi connectivity index (χ2v) is 5.25. The van der Waals surface area contributed by atoms with Crippen molar-refractivity contribution >= 4 is 11.8 Å². The van der Waals surface area contributed by atoms with Crippen LogP contribution in [-0.4, -0.2) is 28.6 Å². The highest BCUT2D eigenvalue weighted by Crippen LogP contribution is 2.48. The first kappa shape index (κ1) is 11.4. The number of fused-ring (bicyclic) bond motifs is 1. The average molecular weight is 248 g/mol. The van der Waals surface area contributed by atoms with Crippen molar-refractivity contribution in [2.75, 3.05) is 7.11 Å². The molecule has 0 N–H and O–H groups in total. The van der Waals surface area contributed by atoms with Crippen LogP contribution in [0.2, 0.25) is 0 Å². The van der Waals surface area contributed by atoms with Crippen LogP contribution in [0.25, 0.3) is 0 Å². The van der Waals surface area contributed by atoms with Crippen LogP contribution in [0.1, 0.15) is 41.7 Å². The lowest BCUT2D eigenvalue weighted by Crippen LogP contribution is -2.23. The first-order valence-electron chi connectivity index (χ1n) is 6.33. The van der Waals surface area contributed by atoms with Gasteiger partial charge < -0.3 is 4.74 Å². The Hall–Kier alpha value is -1.65. The fraction of sp³-hybridized carbons (Fsp3) is 0.615. The molecule has 0 saturated heterocycles. The molecule has 0 atom stereocenters. The fourth-order valence-corrected chi connectivity index (χ4v) is 2.62. The summed E-state index contributed by atoms with van der Waals surface area (Å²) in [6, 6.07) is 0. The van der Waals surface area contributed by atoms with E-state index >= 15 is 0 Å². The number of aromatic nitrogens is 2. The van der Waals surface area contributed by atoms with E-state index in [-0.39, 0.29) is 11.8 Å². The molecule has 0 spiro atoms. The molecule has 0 unspecified atom stereocenters. The normalized spacial score (nSPS) is 20.4. The van der Waals surface area contributed by atoms with Crippen molar-refractivity contribution in [1.29, 1.82) is 0 Å². The third-order valence-corrected chi connectivity index (χ3v) is 3.89. The van der Waals surface area contributed by atoms with Gasteiger partial charge in [-0.05, 0) is 25.7 Å². The predicted molar refractivity (Wildman–Crippen MR) is 63.2 cm³/mol. The number of carbonyl (C=O) groups excluding carboxylic acids is 2. The van der Waals surface area contributed by atoms with Crippen LogP contribution in [-0.2, 0) is 22.5 Å². The Morgan fingerprint density at radius 2 is 2.28 bits per heavy atom. The number of ether oxygens (including phenoxy) is 1. The molecule has 18 heavy (non-hydrogen) atoms. The summed E-state index contributed by atoms with van der Waals surface area (Å²) in [7, 11) is 1.42. The molecule has 1 fully saturated rings. The van der Waals surface area contributed by atoms with Crippen molar-refractivity contribution in [3.63, 3.8) is 0 Å². The first-order chi connectivity index (χ1) is 8.64. The van der Waals surface area contributed by atoms with Gasteiger partial charge in [-0.15, -0.1) is 0 Å². The Balaban J connectivity index is 1.82. The number of carbonyl (C=O) groups is 2. The Morgan fingerprint density at radius 3 is 2.89 bits per heavy atom. The zero-order chi connectivity index (χ0) is 12.8. The molecule has 5 nitrogen and oxygen atoms in total. The van der Waals surface area contributed by atoms with Gasteiger partial charge in [0.15, 0.2) is 5.78 Å². The monoisotopic (exact) mass is 248 g/mol. The van der Waals surface area contributed by atoms with Crippen LogP contribution in [0.5, 0.6) is 0 Å². The molecule has 1 aromatic heterocycles. The van der Waals surface area contributed by atoms with Crippen LogP contribution < -0.4 is 0 Å². The molecule has 96 valence electrons. The summed E-state index contributed by atoms with van der Waals surface area (Å²) in [6.45, 7) is 0.528. The number of aryl methyl sites for hydroxylation is 1. The molecule has 0 amide bonds. The number of Topliss-reactive ketones (excluding diaryl/α,β-unsaturated/α-hetero) is 1. The second-order valence-electron chi connectivity index (χ2n) is 5.25. The van der Waals surface area contributed by atoms with E-state index < -0.39 is 5.41 Å². The highest BCUT2D eigenvalue weighted by molar-refractivity contribution is 5.96. The van der Waals surface area contributed by atoms with E-state index in [1.165, 1.54) is 7.11 Å². The second kappa shape index (κ2) is 3.93. The third-order valence-electron chi connectivity index (χ3n) is 3.89. The van der Waals surface area contributed by atoms with Crippen molar-refractivity contribution in [3.05, 3.63) is 17.5 Å². The van der Waals surface area contributed by atoms with Gasteiger partial charge in [0.1, 0.15) is 5.69 Å². The average Bonchev–Trinajstić information content (AvgIpc) is 3.01. The van der Waals surface area contributed by atoms with Gasteiger partial charge in [0.2, 0.25) is 0 Å². The Labute approximate surface area is 105 Å². The van der Waals surface area contributed by atoms with E-state index in [1.54, 1.807) is 4.68 Å². The van der Waals surface area contributed by atoms with Crippen LogP contribution >= 0.6 is 0 Å². The quantitative estimate of drug-likeness (QED) is 0.758. The minimum absolute atomic E-state index is 0.123. The highest BCUT2D eigenvalue weighted by Gasteiger charge is 2.51. The number of rotatable bonds is 3. The zero-order valence-corrected chi connectivity index (χ0v) is 10.4.